The van der Waals surface area contributed by atoms with E-state index in [4.69, 9.17) is 4.98 Å². The second kappa shape index (κ2) is 14.1. The first-order valence-corrected chi connectivity index (χ1v) is 15.1. The molecular weight excluding hydrogens is 725 g/mol. The summed E-state index contributed by atoms with van der Waals surface area (Å²) in [6.07, 6.45) is 4.82. The molecule has 0 spiro atoms. The number of benzene rings is 5. The Balaban J connectivity index is 0.000000258. The van der Waals surface area contributed by atoms with Crippen LogP contribution in [0.4, 0.5) is 0 Å². The van der Waals surface area contributed by atoms with Gasteiger partial charge in [-0.3, -0.25) is 0 Å². The van der Waals surface area contributed by atoms with E-state index in [2.05, 4.69) is 118 Å². The first kappa shape index (κ1) is 32.0. The van der Waals surface area contributed by atoms with Crippen LogP contribution in [0.25, 0.3) is 55.2 Å². The summed E-state index contributed by atoms with van der Waals surface area (Å²) in [6, 6.07) is 48.5. The average Bonchev–Trinajstić information content (AvgIpc) is 3.06. The number of fused-ring (bicyclic) bond motifs is 3. The largest absolute Gasteiger partial charge is 0.305 e. The van der Waals surface area contributed by atoms with Crippen molar-refractivity contribution in [3.05, 3.63) is 157 Å². The molecule has 3 heteroatoms. The second-order valence-electron chi connectivity index (χ2n) is 12.4. The van der Waals surface area contributed by atoms with Crippen LogP contribution in [-0.2, 0) is 26.5 Å². The number of hydrogen-bond donors (Lipinski definition) is 0. The molecule has 0 fully saturated rings. The molecule has 2 nitrogen and oxygen atoms in total. The maximum absolute atomic E-state index is 4.75. The van der Waals surface area contributed by atoms with Crippen LogP contribution in [-0.4, -0.2) is 9.97 Å². The topological polar surface area (TPSA) is 25.8 Å². The summed E-state index contributed by atoms with van der Waals surface area (Å²) < 4.78 is 0. The summed E-state index contributed by atoms with van der Waals surface area (Å²) >= 11 is 0. The molecule has 0 aliphatic carbocycles. The average molecular weight is 761 g/mol. The fraction of sp³-hybridized carbons (Fsp3) is 0.143. The summed E-state index contributed by atoms with van der Waals surface area (Å²) in [4.78, 5) is 8.97. The van der Waals surface area contributed by atoms with Gasteiger partial charge in [-0.05, 0) is 75.0 Å². The van der Waals surface area contributed by atoms with Crippen molar-refractivity contribution < 1.29 is 20.1 Å². The van der Waals surface area contributed by atoms with E-state index < -0.39 is 0 Å². The van der Waals surface area contributed by atoms with Gasteiger partial charge < -0.3 is 9.97 Å². The van der Waals surface area contributed by atoms with Gasteiger partial charge in [0.1, 0.15) is 0 Å². The first-order chi connectivity index (χ1) is 21.4. The van der Waals surface area contributed by atoms with E-state index in [1.807, 2.05) is 54.7 Å². The van der Waals surface area contributed by atoms with Gasteiger partial charge in [0.2, 0.25) is 0 Å². The Morgan fingerprint density at radius 3 is 2.07 bits per heavy atom. The van der Waals surface area contributed by atoms with Gasteiger partial charge in [0.05, 0.1) is 0 Å². The molecule has 7 aromatic rings. The van der Waals surface area contributed by atoms with Gasteiger partial charge in [-0.15, -0.1) is 71.3 Å². The van der Waals surface area contributed by atoms with Gasteiger partial charge in [0.15, 0.2) is 0 Å². The number of aromatic nitrogens is 2. The van der Waals surface area contributed by atoms with E-state index in [1.165, 1.54) is 43.8 Å². The van der Waals surface area contributed by atoms with Crippen LogP contribution in [0.5, 0.6) is 0 Å². The Morgan fingerprint density at radius 1 is 0.622 bits per heavy atom. The molecule has 0 amide bonds. The molecule has 225 valence electrons. The van der Waals surface area contributed by atoms with Gasteiger partial charge in [-0.2, -0.15) is 0 Å². The van der Waals surface area contributed by atoms with E-state index in [9.17, 15) is 0 Å². The van der Waals surface area contributed by atoms with Crippen LogP contribution in [0.3, 0.4) is 0 Å². The van der Waals surface area contributed by atoms with Crippen molar-refractivity contribution in [3.8, 4) is 33.6 Å². The second-order valence-corrected chi connectivity index (χ2v) is 12.4. The minimum Gasteiger partial charge on any atom is -0.305 e. The third kappa shape index (κ3) is 7.63. The third-order valence-corrected chi connectivity index (χ3v) is 7.74. The van der Waals surface area contributed by atoms with Crippen LogP contribution in [0, 0.1) is 24.5 Å². The van der Waals surface area contributed by atoms with Crippen molar-refractivity contribution in [2.45, 2.75) is 34.1 Å². The van der Waals surface area contributed by atoms with E-state index in [1.54, 1.807) is 6.20 Å². The van der Waals surface area contributed by atoms with Gasteiger partial charge in [-0.25, -0.2) is 0 Å². The molecule has 0 atom stereocenters. The Kier molecular flexibility index (Phi) is 10.0. The fourth-order valence-corrected chi connectivity index (χ4v) is 5.62. The molecule has 0 N–H and O–H groups in total. The molecule has 5 aromatic carbocycles. The predicted molar refractivity (Wildman–Crippen MR) is 185 cm³/mol. The van der Waals surface area contributed by atoms with Crippen molar-refractivity contribution in [1.82, 2.24) is 9.97 Å². The summed E-state index contributed by atoms with van der Waals surface area (Å²) in [6.45, 7) is 9.00. The van der Waals surface area contributed by atoms with Gasteiger partial charge >= 0.3 is 0 Å². The van der Waals surface area contributed by atoms with Crippen LogP contribution >= 0.6 is 0 Å². The van der Waals surface area contributed by atoms with Crippen molar-refractivity contribution in [2.24, 2.45) is 5.41 Å². The maximum atomic E-state index is 4.75. The van der Waals surface area contributed by atoms with Crippen molar-refractivity contribution in [2.75, 3.05) is 0 Å². The van der Waals surface area contributed by atoms with E-state index in [0.717, 1.165) is 28.9 Å². The summed E-state index contributed by atoms with van der Waals surface area (Å²) in [5.41, 5.74) is 9.32. The summed E-state index contributed by atoms with van der Waals surface area (Å²) in [5.74, 6) is 0. The van der Waals surface area contributed by atoms with Gasteiger partial charge in [-0.1, -0.05) is 93.1 Å². The van der Waals surface area contributed by atoms with Crippen LogP contribution in [0.1, 0.15) is 31.9 Å². The summed E-state index contributed by atoms with van der Waals surface area (Å²) in [5, 5.41) is 5.11. The molecule has 1 radical (unpaired) electrons. The zero-order chi connectivity index (χ0) is 30.5. The van der Waals surface area contributed by atoms with Crippen LogP contribution in [0.15, 0.2) is 134 Å². The van der Waals surface area contributed by atoms with Gasteiger partial charge in [0, 0.05) is 32.5 Å². The molecule has 7 rings (SSSR count). The molecule has 45 heavy (non-hydrogen) atoms. The molecule has 0 saturated carbocycles. The minimum absolute atomic E-state index is 0. The molecule has 0 saturated heterocycles. The SMILES string of the molecule is Cc1cnc(-c2[c-]ccc(-c3cc4ccccc4c4ccccc34)c2)cc1CC(C)(C)C.[Ir].[c-]1ccccc1-c1ccccn1. The van der Waals surface area contributed by atoms with Crippen molar-refractivity contribution in [1.29, 1.82) is 0 Å². The molecule has 0 aliphatic heterocycles. The standard InChI is InChI=1S/C31H28N.C11H8N.Ir/c1-21-20-32-30(18-25(21)19-31(2,3)4)24-12-9-11-22(16-24)29-17-23-10-5-6-13-26(23)27-14-7-8-15-28(27)29;1-2-6-10(7-3-1)11-8-4-5-9-12-11;/h5-11,13-18,20H,19H2,1-4H3;1-6,8-9H;/q2*-1;. The molecule has 2 heterocycles. The predicted octanol–water partition coefficient (Wildman–Crippen LogP) is 11.0. The smallest absolute Gasteiger partial charge is 0.0192 e. The number of nitrogens with zero attached hydrogens (tertiary/aromatic N) is 2. The van der Waals surface area contributed by atoms with Gasteiger partial charge in [0.25, 0.3) is 0 Å². The Morgan fingerprint density at radius 2 is 1.33 bits per heavy atom. The monoisotopic (exact) mass is 761 g/mol. The third-order valence-electron chi connectivity index (χ3n) is 7.74. The maximum Gasteiger partial charge on any atom is 0.0192 e. The molecule has 0 bridgehead atoms. The van der Waals surface area contributed by atoms with Crippen LogP contribution in [0.2, 0.25) is 0 Å². The van der Waals surface area contributed by atoms with Crippen molar-refractivity contribution in [3.63, 3.8) is 0 Å². The molecular formula is C42H36IrN2-2. The van der Waals surface area contributed by atoms with Crippen molar-refractivity contribution >= 4 is 21.5 Å². The number of aryl methyl sites for hydroxylation is 1. The normalized spacial score (nSPS) is 11.0. The molecule has 0 aliphatic rings. The number of pyridine rings is 2. The zero-order valence-corrected chi connectivity index (χ0v) is 28.5. The Hall–Kier alpha value is -4.43. The number of hydrogen-bond acceptors (Lipinski definition) is 2. The van der Waals surface area contributed by atoms with E-state index in [-0.39, 0.29) is 25.5 Å². The minimum atomic E-state index is 0. The fourth-order valence-electron chi connectivity index (χ4n) is 5.62. The first-order valence-electron chi connectivity index (χ1n) is 15.1. The van der Waals surface area contributed by atoms with Crippen LogP contribution < -0.4 is 0 Å². The Labute approximate surface area is 280 Å². The molecule has 0 unspecified atom stereocenters. The number of rotatable bonds is 4. The quantitative estimate of drug-likeness (QED) is 0.132. The summed E-state index contributed by atoms with van der Waals surface area (Å²) in [7, 11) is 0. The van der Waals surface area contributed by atoms with E-state index in [0.29, 0.717) is 0 Å². The molecule has 2 aromatic heterocycles. The zero-order valence-electron chi connectivity index (χ0n) is 26.1. The Bertz CT molecular complexity index is 1990. The van der Waals surface area contributed by atoms with E-state index >= 15 is 0 Å².